The molecule has 0 saturated carbocycles. The zero-order valence-corrected chi connectivity index (χ0v) is 25.1. The van der Waals surface area contributed by atoms with E-state index in [1.165, 1.54) is 63.5 Å². The maximum Gasteiger partial charge on any atom is 0.339 e. The molecule has 0 heterocycles. The van der Waals surface area contributed by atoms with E-state index in [0.717, 1.165) is 30.3 Å². The number of carboxylic acid groups (broad SMARTS) is 1. The zero-order chi connectivity index (χ0) is 29.7. The van der Waals surface area contributed by atoms with Crippen molar-refractivity contribution in [3.8, 4) is 11.5 Å². The molecule has 3 aromatic rings. The second kappa shape index (κ2) is 20.3. The minimum absolute atomic E-state index is 0.00380. The maximum atomic E-state index is 12.3. The Morgan fingerprint density at radius 1 is 0.610 bits per heavy atom. The van der Waals surface area contributed by atoms with E-state index < -0.39 is 11.9 Å². The van der Waals surface area contributed by atoms with Crippen molar-refractivity contribution in [3.05, 3.63) is 96.1 Å². The third kappa shape index (κ3) is 13.1. The Hall–Kier alpha value is -3.60. The van der Waals surface area contributed by atoms with E-state index in [2.05, 4.69) is 20.8 Å². The van der Waals surface area contributed by atoms with Gasteiger partial charge in [0.05, 0.1) is 17.7 Å². The highest BCUT2D eigenvalue weighted by atomic mass is 16.5. The SMILES string of the molecule is CCCCC(CCC)C(CCCC)CCCOC(=O)c1ccccc1C(=O)O.c1ccc(Oc2ccccc2)cc1. The minimum atomic E-state index is -1.11. The van der Waals surface area contributed by atoms with Crippen molar-refractivity contribution >= 4 is 11.9 Å². The van der Waals surface area contributed by atoms with Crippen LogP contribution in [0.4, 0.5) is 0 Å². The van der Waals surface area contributed by atoms with Gasteiger partial charge in [0.2, 0.25) is 0 Å². The van der Waals surface area contributed by atoms with Crippen LogP contribution in [0.25, 0.3) is 0 Å². The summed E-state index contributed by atoms with van der Waals surface area (Å²) in [7, 11) is 0. The molecule has 1 N–H and O–H groups in total. The Morgan fingerprint density at radius 2 is 1.07 bits per heavy atom. The van der Waals surface area contributed by atoms with E-state index in [1.807, 2.05) is 60.7 Å². The second-order valence-electron chi connectivity index (χ2n) is 10.5. The predicted octanol–water partition coefficient (Wildman–Crippen LogP) is 10.2. The fourth-order valence-corrected chi connectivity index (χ4v) is 5.08. The smallest absolute Gasteiger partial charge is 0.339 e. The highest BCUT2D eigenvalue weighted by molar-refractivity contribution is 6.02. The van der Waals surface area contributed by atoms with E-state index in [9.17, 15) is 14.7 Å². The summed E-state index contributed by atoms with van der Waals surface area (Å²) in [5.41, 5.74) is 0.125. The topological polar surface area (TPSA) is 72.8 Å². The van der Waals surface area contributed by atoms with Gasteiger partial charge in [0.1, 0.15) is 11.5 Å². The maximum absolute atomic E-state index is 12.3. The summed E-state index contributed by atoms with van der Waals surface area (Å²) in [6.07, 6.45) is 11.9. The van der Waals surface area contributed by atoms with Crippen molar-refractivity contribution in [2.45, 2.75) is 85.0 Å². The van der Waals surface area contributed by atoms with Crippen LogP contribution in [-0.4, -0.2) is 23.7 Å². The van der Waals surface area contributed by atoms with E-state index in [0.29, 0.717) is 12.5 Å². The molecule has 0 aliphatic carbocycles. The highest BCUT2D eigenvalue weighted by Crippen LogP contribution is 2.31. The number of hydrogen-bond acceptors (Lipinski definition) is 4. The molecule has 0 aliphatic rings. The molecule has 3 rings (SSSR count). The van der Waals surface area contributed by atoms with Gasteiger partial charge in [-0.05, 0) is 61.1 Å². The first-order valence-electron chi connectivity index (χ1n) is 15.3. The lowest BCUT2D eigenvalue weighted by Crippen LogP contribution is -2.17. The number of rotatable bonds is 17. The van der Waals surface area contributed by atoms with Crippen LogP contribution in [0.3, 0.4) is 0 Å². The standard InChI is InChI=1S/C24H38O4.C12H10O/c1-4-7-13-19(12-6-3)20(14-8-5-2)15-11-18-28-24(27)22-17-10-9-16-21(22)23(25)26;1-3-7-11(8-4-1)13-12-9-5-2-6-10-12/h9-10,16-17,19-20H,4-8,11-15,18H2,1-3H3,(H,25,26);1-10H. The number of aromatic carboxylic acids is 1. The monoisotopic (exact) mass is 560 g/mol. The molecule has 0 amide bonds. The Balaban J connectivity index is 0.000000372. The van der Waals surface area contributed by atoms with Crippen molar-refractivity contribution in [2.75, 3.05) is 6.61 Å². The fraction of sp³-hybridized carbons (Fsp3) is 0.444. The normalized spacial score (nSPS) is 12.0. The molecule has 2 atom stereocenters. The molecule has 0 bridgehead atoms. The van der Waals surface area contributed by atoms with E-state index in [1.54, 1.807) is 12.1 Å². The number of unbranched alkanes of at least 4 members (excludes halogenated alkanes) is 2. The van der Waals surface area contributed by atoms with Crippen molar-refractivity contribution in [1.29, 1.82) is 0 Å². The Labute approximate surface area is 246 Å². The lowest BCUT2D eigenvalue weighted by Gasteiger charge is -2.27. The van der Waals surface area contributed by atoms with Crippen LogP contribution in [0.2, 0.25) is 0 Å². The summed E-state index contributed by atoms with van der Waals surface area (Å²) in [5, 5.41) is 9.22. The van der Waals surface area contributed by atoms with Crippen molar-refractivity contribution < 1.29 is 24.2 Å². The number of ether oxygens (including phenoxy) is 2. The van der Waals surface area contributed by atoms with Crippen LogP contribution in [0, 0.1) is 11.8 Å². The summed E-state index contributed by atoms with van der Waals surface area (Å²) in [4.78, 5) is 23.5. The molecule has 0 fully saturated rings. The predicted molar refractivity (Wildman–Crippen MR) is 167 cm³/mol. The van der Waals surface area contributed by atoms with Gasteiger partial charge >= 0.3 is 11.9 Å². The Kier molecular flexibility index (Phi) is 16.6. The first-order valence-corrected chi connectivity index (χ1v) is 15.3. The number of carbonyl (C=O) groups is 2. The van der Waals surface area contributed by atoms with Gasteiger partial charge in [0.25, 0.3) is 0 Å². The Morgan fingerprint density at radius 3 is 1.56 bits per heavy atom. The van der Waals surface area contributed by atoms with Gasteiger partial charge in [0, 0.05) is 0 Å². The van der Waals surface area contributed by atoms with E-state index in [4.69, 9.17) is 9.47 Å². The lowest BCUT2D eigenvalue weighted by molar-refractivity contribution is 0.0478. The number of benzene rings is 3. The molecule has 5 heteroatoms. The van der Waals surface area contributed by atoms with Crippen molar-refractivity contribution in [2.24, 2.45) is 11.8 Å². The first-order chi connectivity index (χ1) is 20.0. The van der Waals surface area contributed by atoms with Crippen LogP contribution in [0.15, 0.2) is 84.9 Å². The van der Waals surface area contributed by atoms with Gasteiger partial charge < -0.3 is 14.6 Å². The zero-order valence-electron chi connectivity index (χ0n) is 25.1. The molecule has 5 nitrogen and oxygen atoms in total. The first kappa shape index (κ1) is 33.6. The number of carboxylic acids is 1. The number of carbonyl (C=O) groups excluding carboxylic acids is 1. The van der Waals surface area contributed by atoms with E-state index in [-0.39, 0.29) is 11.1 Å². The van der Waals surface area contributed by atoms with Gasteiger partial charge in [-0.15, -0.1) is 0 Å². The van der Waals surface area contributed by atoms with Gasteiger partial charge in [0.15, 0.2) is 0 Å². The third-order valence-corrected chi connectivity index (χ3v) is 7.23. The summed E-state index contributed by atoms with van der Waals surface area (Å²) >= 11 is 0. The average molecular weight is 561 g/mol. The van der Waals surface area contributed by atoms with Gasteiger partial charge in [-0.1, -0.05) is 121 Å². The largest absolute Gasteiger partial charge is 0.478 e. The molecule has 0 radical (unpaired) electrons. The molecule has 0 aromatic heterocycles. The summed E-state index contributed by atoms with van der Waals surface area (Å²) in [6, 6.07) is 25.7. The molecule has 3 aromatic carbocycles. The molecule has 0 spiro atoms. The van der Waals surface area contributed by atoms with Crippen LogP contribution >= 0.6 is 0 Å². The van der Waals surface area contributed by atoms with Crippen molar-refractivity contribution in [1.82, 2.24) is 0 Å². The minimum Gasteiger partial charge on any atom is -0.478 e. The van der Waals surface area contributed by atoms with Crippen LogP contribution in [-0.2, 0) is 4.74 Å². The average Bonchev–Trinajstić information content (AvgIpc) is 3.00. The van der Waals surface area contributed by atoms with Gasteiger partial charge in [-0.2, -0.15) is 0 Å². The fourth-order valence-electron chi connectivity index (χ4n) is 5.08. The molecular formula is C36H48O5. The van der Waals surface area contributed by atoms with Gasteiger partial charge in [-0.3, -0.25) is 0 Å². The molecule has 0 saturated heterocycles. The summed E-state index contributed by atoms with van der Waals surface area (Å²) in [5.74, 6) is 1.54. The second-order valence-corrected chi connectivity index (χ2v) is 10.5. The number of hydrogen-bond donors (Lipinski definition) is 1. The van der Waals surface area contributed by atoms with Crippen molar-refractivity contribution in [3.63, 3.8) is 0 Å². The number of para-hydroxylation sites is 2. The Bertz CT molecular complexity index is 1080. The van der Waals surface area contributed by atoms with Gasteiger partial charge in [-0.25, -0.2) is 9.59 Å². The van der Waals surface area contributed by atoms with Crippen LogP contribution in [0.5, 0.6) is 11.5 Å². The molecule has 41 heavy (non-hydrogen) atoms. The molecule has 2 unspecified atom stereocenters. The molecular weight excluding hydrogens is 512 g/mol. The number of esters is 1. The quantitative estimate of drug-likeness (QED) is 0.131. The van der Waals surface area contributed by atoms with Crippen LogP contribution in [0.1, 0.15) is 106 Å². The third-order valence-electron chi connectivity index (χ3n) is 7.23. The lowest BCUT2D eigenvalue weighted by atomic mass is 9.79. The summed E-state index contributed by atoms with van der Waals surface area (Å²) in [6.45, 7) is 7.09. The molecule has 0 aliphatic heterocycles. The summed E-state index contributed by atoms with van der Waals surface area (Å²) < 4.78 is 11.0. The van der Waals surface area contributed by atoms with E-state index >= 15 is 0 Å². The molecule has 222 valence electrons. The highest BCUT2D eigenvalue weighted by Gasteiger charge is 2.21. The van der Waals surface area contributed by atoms with Crippen LogP contribution < -0.4 is 4.74 Å².